The van der Waals surface area contributed by atoms with Crippen molar-refractivity contribution in [2.75, 3.05) is 23.0 Å². The standard InChI is InChI=1S/C12H19N3S2/c1-2-10(5-12-9(1)6-13-15-12)14-11-7-16-3-4-17-8-11/h6,10-11,14H,1-5,7-8H2,(H,13,15)/t10-/m0/s1. The third kappa shape index (κ3) is 3.01. The molecule has 0 amide bonds. The summed E-state index contributed by atoms with van der Waals surface area (Å²) in [7, 11) is 0. The number of nitrogens with one attached hydrogen (secondary N) is 2. The number of aromatic nitrogens is 2. The average molecular weight is 269 g/mol. The molecule has 94 valence electrons. The summed E-state index contributed by atoms with van der Waals surface area (Å²) in [6, 6.07) is 1.34. The van der Waals surface area contributed by atoms with Gasteiger partial charge in [0.1, 0.15) is 0 Å². The third-order valence-corrected chi connectivity index (χ3v) is 6.02. The highest BCUT2D eigenvalue weighted by atomic mass is 32.2. The molecule has 1 saturated heterocycles. The van der Waals surface area contributed by atoms with E-state index in [1.165, 1.54) is 47.1 Å². The lowest BCUT2D eigenvalue weighted by molar-refractivity contribution is 0.424. The fourth-order valence-corrected chi connectivity index (χ4v) is 5.02. The minimum atomic E-state index is 0.646. The van der Waals surface area contributed by atoms with Crippen LogP contribution in [-0.2, 0) is 12.8 Å². The maximum Gasteiger partial charge on any atom is 0.0522 e. The fourth-order valence-electron chi connectivity index (χ4n) is 2.60. The minimum Gasteiger partial charge on any atom is -0.309 e. The van der Waals surface area contributed by atoms with Gasteiger partial charge in [-0.2, -0.15) is 28.6 Å². The molecule has 1 atom stereocenters. The van der Waals surface area contributed by atoms with Crippen LogP contribution in [0.5, 0.6) is 0 Å². The largest absolute Gasteiger partial charge is 0.309 e. The predicted molar refractivity (Wildman–Crippen MR) is 76.0 cm³/mol. The summed E-state index contributed by atoms with van der Waals surface area (Å²) in [5.74, 6) is 5.19. The number of thioether (sulfide) groups is 2. The summed E-state index contributed by atoms with van der Waals surface area (Å²) in [5, 5.41) is 11.1. The van der Waals surface area contributed by atoms with Gasteiger partial charge in [0.2, 0.25) is 0 Å². The van der Waals surface area contributed by atoms with Gasteiger partial charge in [0.05, 0.1) is 6.20 Å². The summed E-state index contributed by atoms with van der Waals surface area (Å²) in [4.78, 5) is 0. The van der Waals surface area contributed by atoms with Crippen LogP contribution in [0.25, 0.3) is 0 Å². The van der Waals surface area contributed by atoms with Crippen LogP contribution < -0.4 is 5.32 Å². The fraction of sp³-hybridized carbons (Fsp3) is 0.750. The van der Waals surface area contributed by atoms with E-state index in [9.17, 15) is 0 Å². The van der Waals surface area contributed by atoms with E-state index in [0.29, 0.717) is 12.1 Å². The van der Waals surface area contributed by atoms with Crippen LogP contribution in [0, 0.1) is 0 Å². The number of nitrogens with zero attached hydrogens (tertiary/aromatic N) is 1. The van der Waals surface area contributed by atoms with E-state index < -0.39 is 0 Å². The molecule has 1 aromatic heterocycles. The van der Waals surface area contributed by atoms with E-state index in [2.05, 4.69) is 39.0 Å². The second-order valence-corrected chi connectivity index (χ2v) is 7.13. The van der Waals surface area contributed by atoms with Crippen molar-refractivity contribution >= 4 is 23.5 Å². The van der Waals surface area contributed by atoms with E-state index in [-0.39, 0.29) is 0 Å². The molecule has 0 bridgehead atoms. The predicted octanol–water partition coefficient (Wildman–Crippen LogP) is 1.71. The normalized spacial score (nSPS) is 26.5. The third-order valence-electron chi connectivity index (χ3n) is 3.50. The summed E-state index contributed by atoms with van der Waals surface area (Å²) in [5.41, 5.74) is 2.77. The van der Waals surface area contributed by atoms with Crippen LogP contribution in [0.3, 0.4) is 0 Å². The van der Waals surface area contributed by atoms with Crippen LogP contribution in [0.4, 0.5) is 0 Å². The summed E-state index contributed by atoms with van der Waals surface area (Å²) in [6.45, 7) is 0. The number of H-pyrrole nitrogens is 1. The van der Waals surface area contributed by atoms with Gasteiger partial charge in [0.25, 0.3) is 0 Å². The highest BCUT2D eigenvalue weighted by molar-refractivity contribution is 8.03. The Balaban J connectivity index is 1.56. The molecule has 5 heteroatoms. The molecule has 0 saturated carbocycles. The Morgan fingerprint density at radius 2 is 2.06 bits per heavy atom. The molecule has 3 nitrogen and oxygen atoms in total. The molecule has 1 aliphatic carbocycles. The molecule has 17 heavy (non-hydrogen) atoms. The van der Waals surface area contributed by atoms with Gasteiger partial charge in [-0.1, -0.05) is 0 Å². The Kier molecular flexibility index (Phi) is 3.98. The van der Waals surface area contributed by atoms with Crippen LogP contribution in [-0.4, -0.2) is 45.3 Å². The molecule has 2 aliphatic rings. The van der Waals surface area contributed by atoms with Crippen molar-refractivity contribution in [1.29, 1.82) is 0 Å². The van der Waals surface area contributed by atoms with E-state index in [4.69, 9.17) is 0 Å². The van der Waals surface area contributed by atoms with Gasteiger partial charge in [0, 0.05) is 47.2 Å². The first-order valence-corrected chi connectivity index (χ1v) is 8.65. The van der Waals surface area contributed by atoms with Gasteiger partial charge >= 0.3 is 0 Å². The maximum atomic E-state index is 4.14. The Labute approximate surface area is 111 Å². The Bertz CT molecular complexity index is 358. The summed E-state index contributed by atoms with van der Waals surface area (Å²) >= 11 is 4.19. The molecule has 0 spiro atoms. The number of aromatic amines is 1. The highest BCUT2D eigenvalue weighted by Gasteiger charge is 2.23. The lowest BCUT2D eigenvalue weighted by atomic mass is 9.93. The van der Waals surface area contributed by atoms with Crippen molar-refractivity contribution in [3.05, 3.63) is 17.5 Å². The average Bonchev–Trinajstić information content (AvgIpc) is 2.65. The molecule has 1 fully saturated rings. The monoisotopic (exact) mass is 269 g/mol. The smallest absolute Gasteiger partial charge is 0.0522 e. The van der Waals surface area contributed by atoms with Crippen molar-refractivity contribution < 1.29 is 0 Å². The van der Waals surface area contributed by atoms with Crippen molar-refractivity contribution in [3.63, 3.8) is 0 Å². The highest BCUT2D eigenvalue weighted by Crippen LogP contribution is 2.21. The van der Waals surface area contributed by atoms with Gasteiger partial charge < -0.3 is 5.32 Å². The second-order valence-electron chi connectivity index (χ2n) is 4.83. The van der Waals surface area contributed by atoms with Crippen LogP contribution in [0.15, 0.2) is 6.20 Å². The molecular weight excluding hydrogens is 250 g/mol. The minimum absolute atomic E-state index is 0.646. The maximum absolute atomic E-state index is 4.14. The molecule has 2 heterocycles. The van der Waals surface area contributed by atoms with Crippen molar-refractivity contribution in [2.45, 2.75) is 31.3 Å². The molecule has 1 aromatic rings. The van der Waals surface area contributed by atoms with Crippen LogP contribution >= 0.6 is 23.5 Å². The molecular formula is C12H19N3S2. The van der Waals surface area contributed by atoms with Crippen molar-refractivity contribution in [3.8, 4) is 0 Å². The zero-order valence-corrected chi connectivity index (χ0v) is 11.6. The van der Waals surface area contributed by atoms with E-state index in [1.807, 2.05) is 6.20 Å². The van der Waals surface area contributed by atoms with Crippen LogP contribution in [0.1, 0.15) is 17.7 Å². The molecule has 3 rings (SSSR count). The number of hydrogen-bond donors (Lipinski definition) is 2. The van der Waals surface area contributed by atoms with E-state index in [1.54, 1.807) is 0 Å². The number of fused-ring (bicyclic) bond motifs is 1. The molecule has 0 unspecified atom stereocenters. The Hall–Kier alpha value is -0.130. The SMILES string of the molecule is c1n[nH]c2c1CC[C@H](NC1CSCCSC1)C2. The number of rotatable bonds is 2. The van der Waals surface area contributed by atoms with Crippen LogP contribution in [0.2, 0.25) is 0 Å². The van der Waals surface area contributed by atoms with Crippen molar-refractivity contribution in [2.24, 2.45) is 0 Å². The first-order valence-electron chi connectivity index (χ1n) is 6.34. The molecule has 0 aromatic carbocycles. The zero-order valence-electron chi connectivity index (χ0n) is 9.95. The second kappa shape index (κ2) is 5.67. The number of aryl methyl sites for hydroxylation is 1. The molecule has 1 aliphatic heterocycles. The summed E-state index contributed by atoms with van der Waals surface area (Å²) < 4.78 is 0. The first-order chi connectivity index (χ1) is 8.42. The van der Waals surface area contributed by atoms with Gasteiger partial charge in [-0.25, -0.2) is 0 Å². The van der Waals surface area contributed by atoms with Gasteiger partial charge in [-0.15, -0.1) is 0 Å². The van der Waals surface area contributed by atoms with Crippen molar-refractivity contribution in [1.82, 2.24) is 15.5 Å². The topological polar surface area (TPSA) is 40.7 Å². The zero-order chi connectivity index (χ0) is 11.5. The van der Waals surface area contributed by atoms with Gasteiger partial charge in [-0.05, 0) is 18.4 Å². The van der Waals surface area contributed by atoms with Gasteiger partial charge in [-0.3, -0.25) is 5.10 Å². The lowest BCUT2D eigenvalue weighted by Crippen LogP contribution is -2.44. The van der Waals surface area contributed by atoms with Gasteiger partial charge in [0.15, 0.2) is 0 Å². The quantitative estimate of drug-likeness (QED) is 0.857. The molecule has 2 N–H and O–H groups in total. The van der Waals surface area contributed by atoms with E-state index >= 15 is 0 Å². The Morgan fingerprint density at radius 1 is 1.24 bits per heavy atom. The van der Waals surface area contributed by atoms with E-state index in [0.717, 1.165) is 6.42 Å². The lowest BCUT2D eigenvalue weighted by Gasteiger charge is -2.27. The number of hydrogen-bond acceptors (Lipinski definition) is 4. The molecule has 0 radical (unpaired) electrons. The Morgan fingerprint density at radius 3 is 2.88 bits per heavy atom. The first kappa shape index (κ1) is 11.9. The summed E-state index contributed by atoms with van der Waals surface area (Å²) in [6.07, 6.45) is 5.55.